The van der Waals surface area contributed by atoms with Crippen molar-refractivity contribution in [2.75, 3.05) is 0 Å². The molecule has 80 valence electrons. The fraction of sp³-hybridized carbons (Fsp3) is 0.125. The molecule has 7 heteroatoms. The Labute approximate surface area is 80.8 Å². The smallest absolute Gasteiger partial charge is 0.478 e. The second-order valence-electron chi connectivity index (χ2n) is 2.73. The summed E-state index contributed by atoms with van der Waals surface area (Å²) < 4.78 is 45.8. The van der Waals surface area contributed by atoms with Gasteiger partial charge in [0.1, 0.15) is 5.56 Å². The summed E-state index contributed by atoms with van der Waals surface area (Å²) in [7, 11) is 0. The molecule has 4 nitrogen and oxygen atoms in total. The van der Waals surface area contributed by atoms with Crippen molar-refractivity contribution in [1.82, 2.24) is 0 Å². The molecule has 1 heterocycles. The minimum atomic E-state index is -4.03. The number of fused-ring (bicyclic) bond motifs is 1. The van der Waals surface area contributed by atoms with Crippen molar-refractivity contribution in [2.24, 2.45) is 0 Å². The molecule has 15 heavy (non-hydrogen) atoms. The van der Waals surface area contributed by atoms with E-state index in [1.807, 2.05) is 0 Å². The summed E-state index contributed by atoms with van der Waals surface area (Å²) in [5.74, 6) is -4.30. The lowest BCUT2D eigenvalue weighted by atomic mass is 10.2. The number of hydrogen-bond acceptors (Lipinski definition) is 3. The molecule has 0 aromatic heterocycles. The zero-order chi connectivity index (χ0) is 11.2. The number of benzene rings is 1. The zero-order valence-corrected chi connectivity index (χ0v) is 6.96. The molecule has 0 saturated heterocycles. The standard InChI is InChI=1S/C8H3F3O4/c9-4-2-1-3(7(12)13)5-6(4)15-8(10,11)14-5/h1-2H,(H,12,13). The van der Waals surface area contributed by atoms with Crippen molar-refractivity contribution >= 4 is 5.97 Å². The van der Waals surface area contributed by atoms with Crippen LogP contribution in [0.5, 0.6) is 11.5 Å². The van der Waals surface area contributed by atoms with Gasteiger partial charge in [-0.3, -0.25) is 0 Å². The Morgan fingerprint density at radius 1 is 1.27 bits per heavy atom. The van der Waals surface area contributed by atoms with Gasteiger partial charge in [-0.2, -0.15) is 0 Å². The molecule has 0 atom stereocenters. The third kappa shape index (κ3) is 1.45. The van der Waals surface area contributed by atoms with Gasteiger partial charge >= 0.3 is 12.3 Å². The van der Waals surface area contributed by atoms with Crippen molar-refractivity contribution in [3.8, 4) is 11.5 Å². The van der Waals surface area contributed by atoms with Gasteiger partial charge in [-0.15, -0.1) is 8.78 Å². The molecule has 0 bridgehead atoms. The van der Waals surface area contributed by atoms with Crippen LogP contribution in [0.1, 0.15) is 10.4 Å². The Balaban J connectivity index is 2.60. The normalized spacial score (nSPS) is 16.5. The van der Waals surface area contributed by atoms with Crippen molar-refractivity contribution in [2.45, 2.75) is 6.29 Å². The number of ether oxygens (including phenoxy) is 2. The number of carboxylic acid groups (broad SMARTS) is 1. The molecule has 2 rings (SSSR count). The lowest BCUT2D eigenvalue weighted by molar-refractivity contribution is -0.287. The minimum Gasteiger partial charge on any atom is -0.478 e. The Bertz CT molecular complexity index is 444. The first kappa shape index (κ1) is 9.63. The van der Waals surface area contributed by atoms with E-state index in [4.69, 9.17) is 5.11 Å². The molecule has 0 aliphatic carbocycles. The second-order valence-corrected chi connectivity index (χ2v) is 2.73. The van der Waals surface area contributed by atoms with E-state index in [1.165, 1.54) is 0 Å². The molecule has 0 spiro atoms. The van der Waals surface area contributed by atoms with Crippen molar-refractivity contribution in [3.05, 3.63) is 23.5 Å². The minimum absolute atomic E-state index is 0.580. The Morgan fingerprint density at radius 3 is 2.47 bits per heavy atom. The number of aromatic carboxylic acids is 1. The fourth-order valence-corrected chi connectivity index (χ4v) is 1.16. The average molecular weight is 220 g/mol. The molecular weight excluding hydrogens is 217 g/mol. The molecule has 0 saturated carbocycles. The highest BCUT2D eigenvalue weighted by Gasteiger charge is 2.47. The Morgan fingerprint density at radius 2 is 1.87 bits per heavy atom. The molecule has 0 unspecified atom stereocenters. The van der Waals surface area contributed by atoms with E-state index in [1.54, 1.807) is 0 Å². The van der Waals surface area contributed by atoms with Gasteiger partial charge in [0.2, 0.25) is 5.75 Å². The van der Waals surface area contributed by atoms with Crippen LogP contribution in [0.4, 0.5) is 13.2 Å². The highest BCUT2D eigenvalue weighted by molar-refractivity contribution is 5.92. The van der Waals surface area contributed by atoms with Crippen LogP contribution in [-0.2, 0) is 0 Å². The number of carboxylic acids is 1. The van der Waals surface area contributed by atoms with Crippen LogP contribution in [-0.4, -0.2) is 17.4 Å². The third-order valence-corrected chi connectivity index (χ3v) is 1.74. The number of rotatable bonds is 1. The fourth-order valence-electron chi connectivity index (χ4n) is 1.16. The zero-order valence-electron chi connectivity index (χ0n) is 6.96. The molecule has 0 radical (unpaired) electrons. The number of carbonyl (C=O) groups is 1. The van der Waals surface area contributed by atoms with Crippen LogP contribution < -0.4 is 9.47 Å². The third-order valence-electron chi connectivity index (χ3n) is 1.74. The van der Waals surface area contributed by atoms with Gasteiger partial charge in [0.15, 0.2) is 11.6 Å². The molecule has 1 aliphatic rings. The molecule has 1 aliphatic heterocycles. The lowest BCUT2D eigenvalue weighted by Gasteiger charge is -2.04. The van der Waals surface area contributed by atoms with Crippen LogP contribution in [0, 0.1) is 5.82 Å². The lowest BCUT2D eigenvalue weighted by Crippen LogP contribution is -2.26. The maximum Gasteiger partial charge on any atom is 0.586 e. The predicted molar refractivity (Wildman–Crippen MR) is 39.6 cm³/mol. The summed E-state index contributed by atoms with van der Waals surface area (Å²) in [6, 6.07) is 1.54. The largest absolute Gasteiger partial charge is 0.586 e. The van der Waals surface area contributed by atoms with Gasteiger partial charge in [0.05, 0.1) is 0 Å². The van der Waals surface area contributed by atoms with E-state index >= 15 is 0 Å². The molecule has 0 fully saturated rings. The molecule has 1 aromatic carbocycles. The van der Waals surface area contributed by atoms with Crippen LogP contribution in [0.2, 0.25) is 0 Å². The number of halogens is 3. The first-order chi connectivity index (χ1) is 6.91. The van der Waals surface area contributed by atoms with E-state index < -0.39 is 35.1 Å². The van der Waals surface area contributed by atoms with E-state index in [-0.39, 0.29) is 0 Å². The van der Waals surface area contributed by atoms with Gasteiger partial charge in [-0.05, 0) is 12.1 Å². The van der Waals surface area contributed by atoms with Gasteiger partial charge in [0.25, 0.3) is 0 Å². The quantitative estimate of drug-likeness (QED) is 0.784. The maximum absolute atomic E-state index is 12.9. The predicted octanol–water partition coefficient (Wildman–Crippen LogP) is 1.85. The van der Waals surface area contributed by atoms with Crippen LogP contribution >= 0.6 is 0 Å². The second kappa shape index (κ2) is 2.78. The first-order valence-corrected chi connectivity index (χ1v) is 3.72. The van der Waals surface area contributed by atoms with Gasteiger partial charge in [-0.25, -0.2) is 9.18 Å². The number of hydrogen-bond donors (Lipinski definition) is 1. The van der Waals surface area contributed by atoms with Gasteiger partial charge < -0.3 is 14.6 Å². The number of alkyl halides is 2. The average Bonchev–Trinajstić information content (AvgIpc) is 2.41. The van der Waals surface area contributed by atoms with Crippen LogP contribution in [0.3, 0.4) is 0 Å². The van der Waals surface area contributed by atoms with E-state index in [0.29, 0.717) is 6.07 Å². The van der Waals surface area contributed by atoms with Gasteiger partial charge in [0, 0.05) is 0 Å². The van der Waals surface area contributed by atoms with Crippen LogP contribution in [0.25, 0.3) is 0 Å². The van der Waals surface area contributed by atoms with Crippen LogP contribution in [0.15, 0.2) is 12.1 Å². The highest BCUT2D eigenvalue weighted by Crippen LogP contribution is 2.44. The van der Waals surface area contributed by atoms with E-state index in [2.05, 4.69) is 9.47 Å². The van der Waals surface area contributed by atoms with E-state index in [0.717, 1.165) is 6.07 Å². The summed E-state index contributed by atoms with van der Waals surface area (Å²) in [6.45, 7) is 0. The molecule has 1 N–H and O–H groups in total. The maximum atomic E-state index is 12.9. The topological polar surface area (TPSA) is 55.8 Å². The van der Waals surface area contributed by atoms with E-state index in [9.17, 15) is 18.0 Å². The summed E-state index contributed by atoms with van der Waals surface area (Å²) >= 11 is 0. The summed E-state index contributed by atoms with van der Waals surface area (Å²) in [4.78, 5) is 10.6. The Kier molecular flexibility index (Phi) is 1.79. The summed E-state index contributed by atoms with van der Waals surface area (Å²) in [5, 5.41) is 8.61. The van der Waals surface area contributed by atoms with Crippen molar-refractivity contribution in [1.29, 1.82) is 0 Å². The summed E-state index contributed by atoms with van der Waals surface area (Å²) in [6.07, 6.45) is -4.03. The monoisotopic (exact) mass is 220 g/mol. The van der Waals surface area contributed by atoms with Gasteiger partial charge in [-0.1, -0.05) is 0 Å². The van der Waals surface area contributed by atoms with Crippen molar-refractivity contribution < 1.29 is 32.5 Å². The summed E-state index contributed by atoms with van der Waals surface area (Å²) in [5.41, 5.74) is -0.580. The molecule has 1 aromatic rings. The Hall–Kier alpha value is -1.92. The highest BCUT2D eigenvalue weighted by atomic mass is 19.3. The molecule has 0 amide bonds. The molecular formula is C8H3F3O4. The van der Waals surface area contributed by atoms with Crippen molar-refractivity contribution in [3.63, 3.8) is 0 Å². The first-order valence-electron chi connectivity index (χ1n) is 3.72. The SMILES string of the molecule is O=C(O)c1ccc(F)c2c1OC(F)(F)O2.